The van der Waals surface area contributed by atoms with E-state index in [1.54, 1.807) is 0 Å². The summed E-state index contributed by atoms with van der Waals surface area (Å²) in [5, 5.41) is 6.89. The Morgan fingerprint density at radius 1 is 1.75 bits per heavy atom. The molecule has 0 aliphatic heterocycles. The van der Waals surface area contributed by atoms with Crippen molar-refractivity contribution < 1.29 is 9.73 Å². The molecule has 0 heterocycles. The van der Waals surface area contributed by atoms with Gasteiger partial charge in [0, 0.05) is 0 Å². The molecule has 0 spiro atoms. The largest absolute Gasteiger partial charge is 2.00 e. The summed E-state index contributed by atoms with van der Waals surface area (Å²) in [6.45, 7) is 0. The molecule has 0 aliphatic rings. The van der Waals surface area contributed by atoms with Gasteiger partial charge in [-0.05, 0) is 0 Å². The Balaban J connectivity index is 0. The third kappa shape index (κ3) is 10.6. The molecule has 16 valence electrons. The van der Waals surface area contributed by atoms with Crippen LogP contribution in [0.3, 0.4) is 0 Å². The van der Waals surface area contributed by atoms with Crippen LogP contribution >= 0.6 is 0 Å². The van der Waals surface area contributed by atoms with Crippen molar-refractivity contribution in [3.8, 4) is 0 Å². The Bertz CT molecular complexity index is 13.5. The van der Waals surface area contributed by atoms with Crippen molar-refractivity contribution in [3.05, 3.63) is 0 Å². The Labute approximate surface area is 64.9 Å². The summed E-state index contributed by atoms with van der Waals surface area (Å²) in [5.41, 5.74) is 0. The zero-order valence-corrected chi connectivity index (χ0v) is 6.58. The molecular formula is HBBaO2+2. The molecule has 4 heteroatoms. The van der Waals surface area contributed by atoms with Gasteiger partial charge in [0.1, 0.15) is 0 Å². The maximum Gasteiger partial charge on any atom is 2.00 e. The van der Waals surface area contributed by atoms with Crippen LogP contribution in [0.5, 0.6) is 0 Å². The van der Waals surface area contributed by atoms with Crippen LogP contribution in [-0.4, -0.2) is 61.3 Å². The minimum atomic E-state index is -0.250. The molecule has 0 bridgehead atoms. The molecule has 1 N–H and O–H groups in total. The van der Waals surface area contributed by atoms with E-state index in [1.807, 2.05) is 0 Å². The van der Waals surface area contributed by atoms with Crippen molar-refractivity contribution in [2.75, 3.05) is 0 Å². The van der Waals surface area contributed by atoms with E-state index in [4.69, 9.17) is 9.73 Å². The normalized spacial score (nSPS) is 2.00. The fourth-order valence-electron chi connectivity index (χ4n) is 0. The first-order valence-corrected chi connectivity index (χ1v) is 0.494. The van der Waals surface area contributed by atoms with Gasteiger partial charge in [0.2, 0.25) is 0 Å². The topological polar surface area (TPSA) is 37.3 Å². The van der Waals surface area contributed by atoms with E-state index in [1.165, 1.54) is 0 Å². The average Bonchev–Trinajstić information content (AvgIpc) is 0.918. The molecule has 0 radical (unpaired) electrons. The summed E-state index contributed by atoms with van der Waals surface area (Å²) in [4.78, 5) is 0. The van der Waals surface area contributed by atoms with Crippen LogP contribution in [-0.2, 0) is 4.70 Å². The first kappa shape index (κ1) is 8.97. The van der Waals surface area contributed by atoms with Gasteiger partial charge in [-0.15, -0.1) is 0 Å². The van der Waals surface area contributed by atoms with Gasteiger partial charge in [-0.1, -0.05) is 0 Å². The monoisotopic (exact) mass is 182 g/mol. The molecule has 0 aliphatic carbocycles. The first-order valence-electron chi connectivity index (χ1n) is 0.494. The average molecular weight is 181 g/mol. The fourth-order valence-corrected chi connectivity index (χ4v) is 0. The van der Waals surface area contributed by atoms with Crippen LogP contribution < -0.4 is 0 Å². The molecule has 0 aromatic carbocycles. The molecule has 0 rings (SSSR count). The third-order valence-corrected chi connectivity index (χ3v) is 0. The van der Waals surface area contributed by atoms with Gasteiger partial charge < -0.3 is 0 Å². The van der Waals surface area contributed by atoms with Crippen LogP contribution in [0, 0.1) is 0 Å². The standard InChI is InChI=1S/BHO2.Ba/c2-1-3;/h2H;/q;+2. The fraction of sp³-hybridized carbons (Fsp3) is 0. The summed E-state index contributed by atoms with van der Waals surface area (Å²) >= 11 is 0. The van der Waals surface area contributed by atoms with E-state index in [0.717, 1.165) is 0 Å². The molecule has 0 atom stereocenters. The van der Waals surface area contributed by atoms with Crippen LogP contribution in [0.2, 0.25) is 0 Å². The first-order chi connectivity index (χ1) is 1.41. The van der Waals surface area contributed by atoms with Gasteiger partial charge in [-0.25, -0.2) is 0 Å². The van der Waals surface area contributed by atoms with E-state index in [9.17, 15) is 0 Å². The third-order valence-electron chi connectivity index (χ3n) is 0. The second kappa shape index (κ2) is 8.87. The Morgan fingerprint density at radius 3 is 1.75 bits per heavy atom. The van der Waals surface area contributed by atoms with E-state index in [-0.39, 0.29) is 56.2 Å². The summed E-state index contributed by atoms with van der Waals surface area (Å²) in [5.74, 6) is 0. The summed E-state index contributed by atoms with van der Waals surface area (Å²) < 4.78 is 8.36. The quantitative estimate of drug-likeness (QED) is 0.465. The Kier molecular flexibility index (Phi) is 19.9. The smallest absolute Gasteiger partial charge is 2.00 e. The number of rotatable bonds is 0. The predicted molar refractivity (Wildman–Crippen MR) is 14.4 cm³/mol. The van der Waals surface area contributed by atoms with Gasteiger partial charge in [-0.3, -0.25) is 0 Å². The molecule has 2 nitrogen and oxygen atoms in total. The van der Waals surface area contributed by atoms with E-state index < -0.39 is 0 Å². The maximum atomic E-state index is 8.36. The van der Waals surface area contributed by atoms with E-state index >= 15 is 0 Å². The Hall–Kier alpha value is 1.24. The SMILES string of the molecule is O=BO.[Ba+2]. The van der Waals surface area contributed by atoms with Gasteiger partial charge in [0.15, 0.2) is 0 Å². The minimum Gasteiger partial charge on any atom is 2.00 e. The Morgan fingerprint density at radius 2 is 1.75 bits per heavy atom. The van der Waals surface area contributed by atoms with Crippen molar-refractivity contribution in [1.82, 2.24) is 0 Å². The summed E-state index contributed by atoms with van der Waals surface area (Å²) in [7, 11) is -0.250. The van der Waals surface area contributed by atoms with Crippen molar-refractivity contribution >= 4 is 56.2 Å². The second-order valence-electron chi connectivity index (χ2n) is 0.105. The van der Waals surface area contributed by atoms with Crippen LogP contribution in [0.15, 0.2) is 0 Å². The van der Waals surface area contributed by atoms with Crippen LogP contribution in [0.25, 0.3) is 0 Å². The zero-order chi connectivity index (χ0) is 2.71. The van der Waals surface area contributed by atoms with Crippen molar-refractivity contribution in [2.24, 2.45) is 0 Å². The predicted octanol–water partition coefficient (Wildman–Crippen LogP) is -1.44. The second-order valence-corrected chi connectivity index (χ2v) is 0.105. The summed E-state index contributed by atoms with van der Waals surface area (Å²) in [6.07, 6.45) is 0. The molecule has 4 heavy (non-hydrogen) atoms. The molecule has 0 saturated carbocycles. The van der Waals surface area contributed by atoms with E-state index in [0.29, 0.717) is 0 Å². The van der Waals surface area contributed by atoms with Gasteiger partial charge in [-0.2, -0.15) is 0 Å². The molecule has 0 unspecified atom stereocenters. The van der Waals surface area contributed by atoms with Crippen LogP contribution in [0.1, 0.15) is 0 Å². The van der Waals surface area contributed by atoms with Crippen molar-refractivity contribution in [3.63, 3.8) is 0 Å². The van der Waals surface area contributed by atoms with Gasteiger partial charge in [0.25, 0.3) is 0 Å². The van der Waals surface area contributed by atoms with Crippen LogP contribution in [0.4, 0.5) is 0 Å². The van der Waals surface area contributed by atoms with E-state index in [2.05, 4.69) is 0 Å². The molecule has 0 aromatic rings. The molecular weight excluding hydrogens is 180 g/mol. The van der Waals surface area contributed by atoms with Crippen molar-refractivity contribution in [2.45, 2.75) is 0 Å². The van der Waals surface area contributed by atoms with Gasteiger partial charge >= 0.3 is 66.0 Å². The summed E-state index contributed by atoms with van der Waals surface area (Å²) in [6, 6.07) is 0. The maximum absolute atomic E-state index is 8.36. The number of hydrogen-bond acceptors (Lipinski definition) is 1. The minimum absolute atomic E-state index is 0. The molecule has 0 amide bonds. The van der Waals surface area contributed by atoms with Gasteiger partial charge in [0.05, 0.1) is 0 Å². The van der Waals surface area contributed by atoms with Crippen molar-refractivity contribution in [1.29, 1.82) is 0 Å². The zero-order valence-electron chi connectivity index (χ0n) is 2.14. The number of hydrogen-bond donors (Lipinski definition) is 1. The molecule has 0 fully saturated rings. The molecule has 0 aromatic heterocycles. The molecule has 0 saturated heterocycles.